The Morgan fingerprint density at radius 2 is 1.78 bits per heavy atom. The van der Waals surface area contributed by atoms with Crippen LogP contribution in [-0.4, -0.2) is 37.4 Å². The first-order valence-corrected chi connectivity index (χ1v) is 8.62. The molecule has 0 amide bonds. The molecule has 0 fully saturated rings. The van der Waals surface area contributed by atoms with Gasteiger partial charge in [0.1, 0.15) is 17.4 Å². The molecule has 0 spiro atoms. The summed E-state index contributed by atoms with van der Waals surface area (Å²) >= 11 is 0. The number of para-hydroxylation sites is 1. The predicted molar refractivity (Wildman–Crippen MR) is 111 cm³/mol. The summed E-state index contributed by atoms with van der Waals surface area (Å²) in [6.07, 6.45) is 1.76. The molecule has 1 heterocycles. The number of nitrogens with one attached hydrogen (secondary N) is 1. The maximum Gasteiger partial charge on any atom is 0.150 e. The first kappa shape index (κ1) is 18.4. The molecule has 1 N–H and O–H groups in total. The van der Waals surface area contributed by atoms with Crippen LogP contribution in [0.2, 0.25) is 0 Å². The van der Waals surface area contributed by atoms with Crippen molar-refractivity contribution in [2.45, 2.75) is 6.92 Å². The van der Waals surface area contributed by atoms with Crippen molar-refractivity contribution in [3.63, 3.8) is 0 Å². The molecule has 0 radical (unpaired) electrons. The zero-order valence-corrected chi connectivity index (χ0v) is 16.0. The van der Waals surface area contributed by atoms with Crippen LogP contribution in [0.3, 0.4) is 0 Å². The lowest BCUT2D eigenvalue weighted by molar-refractivity contribution is 0.416. The summed E-state index contributed by atoms with van der Waals surface area (Å²) in [4.78, 5) is 11.0. The number of anilines is 2. The molecule has 0 bridgehead atoms. The monoisotopic (exact) mass is 361 g/mol. The number of aromatic nitrogens is 2. The van der Waals surface area contributed by atoms with E-state index in [1.54, 1.807) is 13.3 Å². The Morgan fingerprint density at radius 1 is 1.04 bits per heavy atom. The minimum atomic E-state index is 0.629. The number of nitrogens with zero attached hydrogens (tertiary/aromatic N) is 4. The largest absolute Gasteiger partial charge is 0.496 e. The van der Waals surface area contributed by atoms with Crippen molar-refractivity contribution in [1.82, 2.24) is 9.97 Å². The van der Waals surface area contributed by atoms with Crippen molar-refractivity contribution in [2.24, 2.45) is 5.10 Å². The number of rotatable bonds is 6. The minimum absolute atomic E-state index is 0.629. The Labute approximate surface area is 159 Å². The van der Waals surface area contributed by atoms with Gasteiger partial charge >= 0.3 is 0 Å². The van der Waals surface area contributed by atoms with E-state index in [2.05, 4.69) is 37.5 Å². The van der Waals surface area contributed by atoms with Gasteiger partial charge in [-0.1, -0.05) is 24.3 Å². The molecule has 6 heteroatoms. The van der Waals surface area contributed by atoms with Crippen molar-refractivity contribution >= 4 is 17.7 Å². The quantitative estimate of drug-likeness (QED) is 0.532. The highest BCUT2D eigenvalue weighted by Crippen LogP contribution is 2.29. The third-order valence-corrected chi connectivity index (χ3v) is 4.02. The smallest absolute Gasteiger partial charge is 0.150 e. The third-order valence-electron chi connectivity index (χ3n) is 4.02. The average Bonchev–Trinajstić information content (AvgIpc) is 2.68. The fraction of sp³-hybridized carbons (Fsp3) is 0.190. The van der Waals surface area contributed by atoms with Gasteiger partial charge in [0.05, 0.1) is 19.0 Å². The highest BCUT2D eigenvalue weighted by atomic mass is 16.5. The number of benzene rings is 2. The lowest BCUT2D eigenvalue weighted by atomic mass is 10.1. The number of ether oxygens (including phenoxy) is 1. The molecule has 3 aromatic rings. The molecule has 0 aliphatic rings. The van der Waals surface area contributed by atoms with Gasteiger partial charge < -0.3 is 9.64 Å². The molecule has 6 nitrogen and oxygen atoms in total. The van der Waals surface area contributed by atoms with E-state index in [4.69, 9.17) is 4.74 Å². The van der Waals surface area contributed by atoms with Crippen LogP contribution in [0.4, 0.5) is 11.5 Å². The maximum absolute atomic E-state index is 5.43. The lowest BCUT2D eigenvalue weighted by Crippen LogP contribution is -2.08. The van der Waals surface area contributed by atoms with Gasteiger partial charge in [-0.3, -0.25) is 5.43 Å². The molecule has 0 saturated carbocycles. The summed E-state index contributed by atoms with van der Waals surface area (Å²) < 4.78 is 5.43. The summed E-state index contributed by atoms with van der Waals surface area (Å²) in [6, 6.07) is 17.8. The van der Waals surface area contributed by atoms with Gasteiger partial charge in [0.25, 0.3) is 0 Å². The van der Waals surface area contributed by atoms with Crippen LogP contribution >= 0.6 is 0 Å². The molecular weight excluding hydrogens is 338 g/mol. The van der Waals surface area contributed by atoms with Crippen molar-refractivity contribution < 1.29 is 4.74 Å². The Kier molecular flexibility index (Phi) is 5.66. The number of aryl methyl sites for hydroxylation is 1. The fourth-order valence-electron chi connectivity index (χ4n) is 2.65. The normalized spacial score (nSPS) is 10.8. The fourth-order valence-corrected chi connectivity index (χ4v) is 2.65. The van der Waals surface area contributed by atoms with E-state index in [9.17, 15) is 0 Å². The summed E-state index contributed by atoms with van der Waals surface area (Å²) in [6.45, 7) is 1.85. The van der Waals surface area contributed by atoms with E-state index in [-0.39, 0.29) is 0 Å². The Hall–Kier alpha value is -3.41. The molecular formula is C21H23N5O. The van der Waals surface area contributed by atoms with E-state index < -0.39 is 0 Å². The second kappa shape index (κ2) is 8.31. The lowest BCUT2D eigenvalue weighted by Gasteiger charge is -2.11. The highest BCUT2D eigenvalue weighted by Gasteiger charge is 2.09. The van der Waals surface area contributed by atoms with E-state index in [1.807, 2.05) is 63.5 Å². The van der Waals surface area contributed by atoms with Crippen molar-refractivity contribution in [3.05, 3.63) is 66.0 Å². The van der Waals surface area contributed by atoms with Crippen LogP contribution in [0.5, 0.6) is 5.75 Å². The van der Waals surface area contributed by atoms with Gasteiger partial charge in [-0.15, -0.1) is 0 Å². The number of methoxy groups -OCH3 is 1. The summed E-state index contributed by atoms with van der Waals surface area (Å²) in [7, 11) is 5.68. The van der Waals surface area contributed by atoms with Crippen LogP contribution in [-0.2, 0) is 0 Å². The van der Waals surface area contributed by atoms with Gasteiger partial charge in [0.15, 0.2) is 0 Å². The summed E-state index contributed by atoms with van der Waals surface area (Å²) in [5.74, 6) is 2.06. The Morgan fingerprint density at radius 3 is 2.48 bits per heavy atom. The first-order valence-electron chi connectivity index (χ1n) is 8.62. The van der Waals surface area contributed by atoms with Crippen molar-refractivity contribution in [1.29, 1.82) is 0 Å². The maximum atomic E-state index is 5.43. The molecule has 0 aliphatic carbocycles. The van der Waals surface area contributed by atoms with Gasteiger partial charge in [0.2, 0.25) is 0 Å². The third kappa shape index (κ3) is 4.61. The molecule has 0 saturated heterocycles. The summed E-state index contributed by atoms with van der Waals surface area (Å²) in [5.41, 5.74) is 6.83. The molecule has 3 rings (SSSR count). The van der Waals surface area contributed by atoms with E-state index in [1.165, 1.54) is 0 Å². The predicted octanol–water partition coefficient (Wildman–Crippen LogP) is 3.97. The molecule has 138 valence electrons. The molecule has 0 unspecified atom stereocenters. The van der Waals surface area contributed by atoms with E-state index in [0.29, 0.717) is 11.6 Å². The minimum Gasteiger partial charge on any atom is -0.496 e. The number of hydrazone groups is 1. The van der Waals surface area contributed by atoms with Crippen molar-refractivity contribution in [3.8, 4) is 17.0 Å². The van der Waals surface area contributed by atoms with E-state index >= 15 is 0 Å². The van der Waals surface area contributed by atoms with Crippen LogP contribution in [0, 0.1) is 6.92 Å². The van der Waals surface area contributed by atoms with Crippen LogP contribution < -0.4 is 15.1 Å². The second-order valence-corrected chi connectivity index (χ2v) is 6.24. The molecule has 0 atom stereocenters. The number of hydrogen-bond donors (Lipinski definition) is 1. The first-order chi connectivity index (χ1) is 13.1. The van der Waals surface area contributed by atoms with Gasteiger partial charge in [-0.2, -0.15) is 5.10 Å². The van der Waals surface area contributed by atoms with E-state index in [0.717, 1.165) is 28.3 Å². The SMILES string of the molecule is COc1ccccc1-c1cc(N/N=C/c2ccc(N(C)C)cc2)nc(C)n1. The molecule has 1 aromatic heterocycles. The van der Waals surface area contributed by atoms with Crippen LogP contribution in [0.15, 0.2) is 59.7 Å². The molecule has 0 aliphatic heterocycles. The highest BCUT2D eigenvalue weighted by molar-refractivity contribution is 5.81. The van der Waals surface area contributed by atoms with Crippen LogP contribution in [0.1, 0.15) is 11.4 Å². The Bertz CT molecular complexity index is 936. The molecule has 2 aromatic carbocycles. The topological polar surface area (TPSA) is 62.6 Å². The van der Waals surface area contributed by atoms with Gasteiger partial charge in [0, 0.05) is 31.4 Å². The van der Waals surface area contributed by atoms with Gasteiger partial charge in [-0.05, 0) is 36.8 Å². The van der Waals surface area contributed by atoms with Crippen LogP contribution in [0.25, 0.3) is 11.3 Å². The average molecular weight is 361 g/mol. The van der Waals surface area contributed by atoms with Crippen molar-refractivity contribution in [2.75, 3.05) is 31.5 Å². The standard InChI is InChI=1S/C21H23N5O/c1-15-23-19(18-7-5-6-8-20(18)27-4)13-21(24-15)25-22-14-16-9-11-17(12-10-16)26(2)3/h5-14H,1-4H3,(H,23,24,25)/b22-14+. The number of hydrogen-bond acceptors (Lipinski definition) is 6. The Balaban J connectivity index is 1.78. The zero-order chi connectivity index (χ0) is 19.2. The second-order valence-electron chi connectivity index (χ2n) is 6.24. The zero-order valence-electron chi connectivity index (χ0n) is 16.0. The van der Waals surface area contributed by atoms with Gasteiger partial charge in [-0.25, -0.2) is 9.97 Å². The summed E-state index contributed by atoms with van der Waals surface area (Å²) in [5, 5.41) is 4.29. The molecule has 27 heavy (non-hydrogen) atoms.